The molecule has 1 amide bonds. The fraction of sp³-hybridized carbons (Fsp3) is 0.444. The van der Waals surface area contributed by atoms with Crippen molar-refractivity contribution in [3.8, 4) is 0 Å². The summed E-state index contributed by atoms with van der Waals surface area (Å²) in [4.78, 5) is 25.1. The molecule has 16 heavy (non-hydrogen) atoms. The summed E-state index contributed by atoms with van der Waals surface area (Å²) in [6.07, 6.45) is 0.355. The number of aromatic carboxylic acids is 1. The van der Waals surface area contributed by atoms with Gasteiger partial charge in [0.1, 0.15) is 5.60 Å². The highest BCUT2D eigenvalue weighted by Crippen LogP contribution is 2.12. The maximum absolute atomic E-state index is 11.2. The number of carboxylic acid groups (broad SMARTS) is 1. The largest absolute Gasteiger partial charge is 0.474 e. The zero-order valence-electron chi connectivity index (χ0n) is 9.10. The van der Waals surface area contributed by atoms with E-state index in [0.717, 1.165) is 6.20 Å². The molecule has 0 spiro atoms. The Morgan fingerprint density at radius 1 is 1.50 bits per heavy atom. The van der Waals surface area contributed by atoms with Crippen molar-refractivity contribution < 1.29 is 23.8 Å². The first-order valence-corrected chi connectivity index (χ1v) is 4.47. The molecule has 0 atom stereocenters. The number of hydrogen-bond acceptors (Lipinski definition) is 5. The molecule has 0 saturated heterocycles. The van der Waals surface area contributed by atoms with Crippen LogP contribution in [0.2, 0.25) is 0 Å². The van der Waals surface area contributed by atoms with Crippen LogP contribution in [-0.4, -0.2) is 27.8 Å². The van der Waals surface area contributed by atoms with E-state index in [1.807, 2.05) is 0 Å². The van der Waals surface area contributed by atoms with E-state index in [4.69, 9.17) is 14.3 Å². The molecule has 7 nitrogen and oxygen atoms in total. The minimum Gasteiger partial charge on any atom is -0.474 e. The minimum atomic E-state index is -1.31. The molecule has 0 radical (unpaired) electrons. The van der Waals surface area contributed by atoms with Crippen LogP contribution in [0.25, 0.3) is 0 Å². The molecule has 0 fully saturated rings. The SMILES string of the molecule is CC(C)(C)OC(=O)Nc1cnc(C(=O)O)o1. The molecule has 1 heterocycles. The summed E-state index contributed by atoms with van der Waals surface area (Å²) in [6, 6.07) is 0. The van der Waals surface area contributed by atoms with E-state index in [0.29, 0.717) is 0 Å². The summed E-state index contributed by atoms with van der Waals surface area (Å²) < 4.78 is 9.63. The van der Waals surface area contributed by atoms with Gasteiger partial charge in [-0.25, -0.2) is 14.6 Å². The number of anilines is 1. The summed E-state index contributed by atoms with van der Waals surface area (Å²) in [5, 5.41) is 10.7. The molecule has 0 saturated carbocycles. The van der Waals surface area contributed by atoms with Gasteiger partial charge in [0, 0.05) is 0 Å². The molecule has 0 aromatic carbocycles. The van der Waals surface area contributed by atoms with Crippen LogP contribution in [-0.2, 0) is 4.74 Å². The van der Waals surface area contributed by atoms with Gasteiger partial charge in [-0.15, -0.1) is 0 Å². The second kappa shape index (κ2) is 4.21. The van der Waals surface area contributed by atoms with Crippen molar-refractivity contribution in [3.63, 3.8) is 0 Å². The lowest BCUT2D eigenvalue weighted by Crippen LogP contribution is -2.27. The van der Waals surface area contributed by atoms with E-state index in [9.17, 15) is 9.59 Å². The van der Waals surface area contributed by atoms with Crippen LogP contribution in [0.1, 0.15) is 31.5 Å². The molecule has 0 aliphatic carbocycles. The number of hydrogen-bond donors (Lipinski definition) is 2. The molecule has 1 rings (SSSR count). The number of aromatic nitrogens is 1. The van der Waals surface area contributed by atoms with Crippen LogP contribution < -0.4 is 5.32 Å². The Morgan fingerprint density at radius 2 is 2.12 bits per heavy atom. The maximum atomic E-state index is 11.2. The number of nitrogens with zero attached hydrogens (tertiary/aromatic N) is 1. The van der Waals surface area contributed by atoms with Gasteiger partial charge < -0.3 is 14.3 Å². The molecule has 1 aromatic rings. The average Bonchev–Trinajstić information content (AvgIpc) is 2.48. The zero-order valence-corrected chi connectivity index (χ0v) is 9.10. The van der Waals surface area contributed by atoms with E-state index >= 15 is 0 Å². The molecule has 2 N–H and O–H groups in total. The minimum absolute atomic E-state index is 0.0772. The van der Waals surface area contributed by atoms with E-state index in [-0.39, 0.29) is 5.88 Å². The van der Waals surface area contributed by atoms with Crippen LogP contribution in [0.3, 0.4) is 0 Å². The van der Waals surface area contributed by atoms with Crippen LogP contribution in [0.15, 0.2) is 10.6 Å². The summed E-state index contributed by atoms with van der Waals surface area (Å²) in [7, 11) is 0. The van der Waals surface area contributed by atoms with Crippen molar-refractivity contribution in [2.24, 2.45) is 0 Å². The third kappa shape index (κ3) is 3.60. The molecular weight excluding hydrogens is 216 g/mol. The first kappa shape index (κ1) is 12.0. The topological polar surface area (TPSA) is 102 Å². The predicted molar refractivity (Wildman–Crippen MR) is 53.3 cm³/mol. The zero-order chi connectivity index (χ0) is 12.3. The second-order valence-corrected chi connectivity index (χ2v) is 3.96. The average molecular weight is 228 g/mol. The van der Waals surface area contributed by atoms with Gasteiger partial charge in [-0.2, -0.15) is 0 Å². The summed E-state index contributed by atoms with van der Waals surface area (Å²) in [5.41, 5.74) is -0.639. The van der Waals surface area contributed by atoms with E-state index < -0.39 is 23.6 Å². The van der Waals surface area contributed by atoms with E-state index in [2.05, 4.69) is 10.3 Å². The van der Waals surface area contributed by atoms with Gasteiger partial charge in [0.25, 0.3) is 0 Å². The van der Waals surface area contributed by atoms with Gasteiger partial charge in [-0.05, 0) is 20.8 Å². The van der Waals surface area contributed by atoms with Gasteiger partial charge in [0.05, 0.1) is 6.20 Å². The smallest absolute Gasteiger partial charge is 0.414 e. The molecule has 0 aliphatic rings. The normalized spacial score (nSPS) is 10.9. The van der Waals surface area contributed by atoms with Gasteiger partial charge in [0.2, 0.25) is 5.88 Å². The highest BCUT2D eigenvalue weighted by Gasteiger charge is 2.18. The second-order valence-electron chi connectivity index (χ2n) is 3.96. The standard InChI is InChI=1S/C9H12N2O5/c1-9(2,3)16-8(14)11-5-4-10-6(15-5)7(12)13/h4H,1-3H3,(H,11,14)(H,12,13). The molecule has 7 heteroatoms. The number of carbonyl (C=O) groups is 2. The van der Waals surface area contributed by atoms with Gasteiger partial charge in [-0.1, -0.05) is 0 Å². The fourth-order valence-electron chi connectivity index (χ4n) is 0.835. The third-order valence-corrected chi connectivity index (χ3v) is 1.31. The van der Waals surface area contributed by atoms with Gasteiger partial charge in [0.15, 0.2) is 0 Å². The highest BCUT2D eigenvalue weighted by atomic mass is 16.6. The molecule has 0 unspecified atom stereocenters. The van der Waals surface area contributed by atoms with Crippen molar-refractivity contribution >= 4 is 17.9 Å². The summed E-state index contributed by atoms with van der Waals surface area (Å²) in [5.74, 6) is -1.88. The number of nitrogens with one attached hydrogen (secondary N) is 1. The molecule has 0 bridgehead atoms. The lowest BCUT2D eigenvalue weighted by molar-refractivity contribution is 0.0617. The monoisotopic (exact) mass is 228 g/mol. The van der Waals surface area contributed by atoms with E-state index in [1.165, 1.54) is 0 Å². The quantitative estimate of drug-likeness (QED) is 0.799. The lowest BCUT2D eigenvalue weighted by Gasteiger charge is -2.18. The predicted octanol–water partition coefficient (Wildman–Crippen LogP) is 1.72. The van der Waals surface area contributed by atoms with Crippen LogP contribution >= 0.6 is 0 Å². The van der Waals surface area contributed by atoms with Crippen molar-refractivity contribution in [2.45, 2.75) is 26.4 Å². The first-order chi connectivity index (χ1) is 7.28. The van der Waals surface area contributed by atoms with Crippen LogP contribution in [0.4, 0.5) is 10.7 Å². The lowest BCUT2D eigenvalue weighted by atomic mass is 10.2. The number of carbonyl (C=O) groups excluding carboxylic acids is 1. The Hall–Kier alpha value is -2.05. The number of oxazole rings is 1. The fourth-order valence-corrected chi connectivity index (χ4v) is 0.835. The Kier molecular flexibility index (Phi) is 3.17. The van der Waals surface area contributed by atoms with Gasteiger partial charge in [-0.3, -0.25) is 5.32 Å². The molecular formula is C9H12N2O5. The number of carboxylic acids is 1. The van der Waals surface area contributed by atoms with Crippen molar-refractivity contribution in [3.05, 3.63) is 12.1 Å². The molecule has 0 aliphatic heterocycles. The number of ether oxygens (including phenoxy) is 1. The Morgan fingerprint density at radius 3 is 2.56 bits per heavy atom. The van der Waals surface area contributed by atoms with Crippen molar-refractivity contribution in [2.75, 3.05) is 5.32 Å². The Balaban J connectivity index is 2.60. The van der Waals surface area contributed by atoms with Crippen LogP contribution in [0, 0.1) is 0 Å². The van der Waals surface area contributed by atoms with E-state index in [1.54, 1.807) is 20.8 Å². The molecule has 1 aromatic heterocycles. The number of rotatable bonds is 2. The Bertz CT molecular complexity index is 404. The number of amides is 1. The van der Waals surface area contributed by atoms with Crippen LogP contribution in [0.5, 0.6) is 0 Å². The third-order valence-electron chi connectivity index (χ3n) is 1.31. The summed E-state index contributed by atoms with van der Waals surface area (Å²) >= 11 is 0. The summed E-state index contributed by atoms with van der Waals surface area (Å²) in [6.45, 7) is 5.11. The highest BCUT2D eigenvalue weighted by molar-refractivity contribution is 5.85. The van der Waals surface area contributed by atoms with Crippen molar-refractivity contribution in [1.82, 2.24) is 4.98 Å². The van der Waals surface area contributed by atoms with Gasteiger partial charge >= 0.3 is 18.0 Å². The maximum Gasteiger partial charge on any atom is 0.414 e. The first-order valence-electron chi connectivity index (χ1n) is 4.47. The molecule has 88 valence electrons. The van der Waals surface area contributed by atoms with Crippen molar-refractivity contribution in [1.29, 1.82) is 0 Å². The Labute approximate surface area is 91.4 Å².